The van der Waals surface area contributed by atoms with Crippen molar-refractivity contribution in [2.45, 2.75) is 39.5 Å². The standard InChI is InChI=1S/C15H21N3O2/c1-3-5-6-14(19)17-13-9-7-12(8-10-13)15(20)18-16-11-4-2/h7-11H,3-6H2,1-2H3,(H,17,19)(H,18,20). The summed E-state index contributed by atoms with van der Waals surface area (Å²) in [5.74, 6) is -0.268. The summed E-state index contributed by atoms with van der Waals surface area (Å²) in [6.07, 6.45) is 4.78. The average Bonchev–Trinajstić information content (AvgIpc) is 2.46. The zero-order chi connectivity index (χ0) is 14.8. The van der Waals surface area contributed by atoms with Gasteiger partial charge in [-0.1, -0.05) is 20.3 Å². The summed E-state index contributed by atoms with van der Waals surface area (Å²) in [5, 5.41) is 6.57. The summed E-state index contributed by atoms with van der Waals surface area (Å²) in [7, 11) is 0. The lowest BCUT2D eigenvalue weighted by molar-refractivity contribution is -0.116. The van der Waals surface area contributed by atoms with Gasteiger partial charge in [0.05, 0.1) is 0 Å². The van der Waals surface area contributed by atoms with Crippen LogP contribution in [0.1, 0.15) is 49.9 Å². The Kier molecular flexibility index (Phi) is 7.03. The van der Waals surface area contributed by atoms with Crippen molar-refractivity contribution in [1.82, 2.24) is 5.43 Å². The average molecular weight is 275 g/mol. The fourth-order valence-electron chi connectivity index (χ4n) is 1.53. The Morgan fingerprint density at radius 2 is 1.90 bits per heavy atom. The maximum Gasteiger partial charge on any atom is 0.271 e. The maximum absolute atomic E-state index is 11.7. The second kappa shape index (κ2) is 8.85. The molecular formula is C15H21N3O2. The molecule has 0 saturated heterocycles. The van der Waals surface area contributed by atoms with Gasteiger partial charge in [0.1, 0.15) is 0 Å². The van der Waals surface area contributed by atoms with Crippen LogP contribution in [0.5, 0.6) is 0 Å². The van der Waals surface area contributed by atoms with Gasteiger partial charge in [-0.3, -0.25) is 9.59 Å². The predicted octanol–water partition coefficient (Wildman–Crippen LogP) is 2.94. The molecular weight excluding hydrogens is 254 g/mol. The van der Waals surface area contributed by atoms with Crippen LogP contribution < -0.4 is 10.7 Å². The lowest BCUT2D eigenvalue weighted by Gasteiger charge is -2.05. The molecule has 108 valence electrons. The van der Waals surface area contributed by atoms with Crippen LogP contribution >= 0.6 is 0 Å². The molecule has 2 N–H and O–H groups in total. The lowest BCUT2D eigenvalue weighted by atomic mass is 10.2. The van der Waals surface area contributed by atoms with Gasteiger partial charge in [-0.05, 0) is 37.1 Å². The second-order valence-electron chi connectivity index (χ2n) is 4.39. The maximum atomic E-state index is 11.7. The third-order valence-electron chi connectivity index (χ3n) is 2.63. The van der Waals surface area contributed by atoms with Crippen LogP contribution in [-0.2, 0) is 4.79 Å². The van der Waals surface area contributed by atoms with Gasteiger partial charge in [-0.15, -0.1) is 0 Å². The van der Waals surface area contributed by atoms with Crippen molar-refractivity contribution in [1.29, 1.82) is 0 Å². The normalized spacial score (nSPS) is 10.5. The third-order valence-corrected chi connectivity index (χ3v) is 2.63. The molecule has 0 atom stereocenters. The smallest absolute Gasteiger partial charge is 0.271 e. The number of hydrogen-bond acceptors (Lipinski definition) is 3. The van der Waals surface area contributed by atoms with E-state index in [1.807, 2.05) is 13.8 Å². The van der Waals surface area contributed by atoms with Crippen molar-refractivity contribution in [3.63, 3.8) is 0 Å². The number of nitrogens with one attached hydrogen (secondary N) is 2. The first-order valence-corrected chi connectivity index (χ1v) is 6.89. The highest BCUT2D eigenvalue weighted by molar-refractivity contribution is 5.95. The molecule has 0 aromatic heterocycles. The predicted molar refractivity (Wildman–Crippen MR) is 80.8 cm³/mol. The van der Waals surface area contributed by atoms with E-state index in [1.54, 1.807) is 30.5 Å². The van der Waals surface area contributed by atoms with Crippen LogP contribution in [-0.4, -0.2) is 18.0 Å². The van der Waals surface area contributed by atoms with Crippen LogP contribution in [0, 0.1) is 0 Å². The summed E-state index contributed by atoms with van der Waals surface area (Å²) < 4.78 is 0. The molecule has 1 rings (SSSR count). The van der Waals surface area contributed by atoms with Crippen molar-refractivity contribution in [3.05, 3.63) is 29.8 Å². The van der Waals surface area contributed by atoms with E-state index >= 15 is 0 Å². The Bertz CT molecular complexity index is 467. The highest BCUT2D eigenvalue weighted by atomic mass is 16.2. The minimum absolute atomic E-state index is 0.00315. The van der Waals surface area contributed by atoms with Gasteiger partial charge in [0, 0.05) is 23.9 Å². The Morgan fingerprint density at radius 3 is 2.50 bits per heavy atom. The van der Waals surface area contributed by atoms with Gasteiger partial charge < -0.3 is 5.32 Å². The third kappa shape index (κ3) is 5.65. The molecule has 0 aliphatic carbocycles. The molecule has 5 nitrogen and oxygen atoms in total. The van der Waals surface area contributed by atoms with Gasteiger partial charge in [0.15, 0.2) is 0 Å². The van der Waals surface area contributed by atoms with Crippen molar-refractivity contribution < 1.29 is 9.59 Å². The highest BCUT2D eigenvalue weighted by Crippen LogP contribution is 2.10. The highest BCUT2D eigenvalue weighted by Gasteiger charge is 2.05. The molecule has 0 saturated carbocycles. The van der Waals surface area contributed by atoms with Crippen molar-refractivity contribution in [2.24, 2.45) is 5.10 Å². The Balaban J connectivity index is 2.53. The molecule has 2 amide bonds. The number of benzene rings is 1. The molecule has 0 heterocycles. The van der Waals surface area contributed by atoms with E-state index in [-0.39, 0.29) is 11.8 Å². The van der Waals surface area contributed by atoms with E-state index in [0.29, 0.717) is 17.7 Å². The summed E-state index contributed by atoms with van der Waals surface area (Å²) >= 11 is 0. The van der Waals surface area contributed by atoms with Crippen LogP contribution in [0.15, 0.2) is 29.4 Å². The number of unbranched alkanes of at least 4 members (excludes halogenated alkanes) is 1. The first-order valence-electron chi connectivity index (χ1n) is 6.89. The first-order chi connectivity index (χ1) is 9.67. The number of anilines is 1. The second-order valence-corrected chi connectivity index (χ2v) is 4.39. The summed E-state index contributed by atoms with van der Waals surface area (Å²) in [6.45, 7) is 3.98. The Hall–Kier alpha value is -2.17. The molecule has 1 aromatic rings. The fourth-order valence-corrected chi connectivity index (χ4v) is 1.53. The number of hydrogen-bond donors (Lipinski definition) is 2. The Labute approximate surface area is 119 Å². The SMILES string of the molecule is CCC=NNC(=O)c1ccc(NC(=O)CCCC)cc1. The molecule has 0 fully saturated rings. The molecule has 20 heavy (non-hydrogen) atoms. The summed E-state index contributed by atoms with van der Waals surface area (Å²) in [5.41, 5.74) is 3.63. The molecule has 0 aliphatic heterocycles. The molecule has 0 bridgehead atoms. The van der Waals surface area contributed by atoms with E-state index < -0.39 is 0 Å². The molecule has 0 unspecified atom stereocenters. The van der Waals surface area contributed by atoms with Crippen LogP contribution in [0.25, 0.3) is 0 Å². The molecule has 0 aliphatic rings. The van der Waals surface area contributed by atoms with Gasteiger partial charge in [-0.25, -0.2) is 5.43 Å². The van der Waals surface area contributed by atoms with E-state index in [2.05, 4.69) is 15.8 Å². The summed E-state index contributed by atoms with van der Waals surface area (Å²) in [4.78, 5) is 23.2. The first kappa shape index (κ1) is 15.9. The van der Waals surface area contributed by atoms with Crippen molar-refractivity contribution in [2.75, 3.05) is 5.32 Å². The van der Waals surface area contributed by atoms with Gasteiger partial charge in [0.25, 0.3) is 5.91 Å². The quantitative estimate of drug-likeness (QED) is 0.593. The largest absolute Gasteiger partial charge is 0.326 e. The number of rotatable bonds is 7. The minimum Gasteiger partial charge on any atom is -0.326 e. The van der Waals surface area contributed by atoms with Gasteiger partial charge in [-0.2, -0.15) is 5.10 Å². The number of nitrogens with zero attached hydrogens (tertiary/aromatic N) is 1. The minimum atomic E-state index is -0.265. The van der Waals surface area contributed by atoms with Crippen LogP contribution in [0.4, 0.5) is 5.69 Å². The summed E-state index contributed by atoms with van der Waals surface area (Å²) in [6, 6.07) is 6.74. The van der Waals surface area contributed by atoms with Crippen molar-refractivity contribution >= 4 is 23.7 Å². The van der Waals surface area contributed by atoms with E-state index in [4.69, 9.17) is 0 Å². The number of carbonyl (C=O) groups is 2. The van der Waals surface area contributed by atoms with Gasteiger partial charge in [0.2, 0.25) is 5.91 Å². The topological polar surface area (TPSA) is 70.6 Å². The van der Waals surface area contributed by atoms with Crippen LogP contribution in [0.2, 0.25) is 0 Å². The fraction of sp³-hybridized carbons (Fsp3) is 0.400. The lowest BCUT2D eigenvalue weighted by Crippen LogP contribution is -2.17. The van der Waals surface area contributed by atoms with E-state index in [9.17, 15) is 9.59 Å². The van der Waals surface area contributed by atoms with Crippen LogP contribution in [0.3, 0.4) is 0 Å². The Morgan fingerprint density at radius 1 is 1.20 bits per heavy atom. The molecule has 1 aromatic carbocycles. The molecule has 0 radical (unpaired) electrons. The van der Waals surface area contributed by atoms with Crippen molar-refractivity contribution in [3.8, 4) is 0 Å². The molecule has 0 spiro atoms. The van der Waals surface area contributed by atoms with Gasteiger partial charge >= 0.3 is 0 Å². The molecule has 5 heteroatoms. The van der Waals surface area contributed by atoms with E-state index in [1.165, 1.54) is 0 Å². The number of amides is 2. The number of hydrazone groups is 1. The van der Waals surface area contributed by atoms with E-state index in [0.717, 1.165) is 19.3 Å². The zero-order valence-corrected chi connectivity index (χ0v) is 12.0. The zero-order valence-electron chi connectivity index (χ0n) is 12.0. The number of carbonyl (C=O) groups excluding carboxylic acids is 2. The monoisotopic (exact) mass is 275 g/mol.